The number of nitrogens with one attached hydrogen (secondary N) is 1. The molecule has 0 aliphatic carbocycles. The molecule has 1 atom stereocenters. The smallest absolute Gasteiger partial charge is 0.243 e. The fourth-order valence-corrected chi connectivity index (χ4v) is 4.85. The summed E-state index contributed by atoms with van der Waals surface area (Å²) in [7, 11) is -0.405. The zero-order chi connectivity index (χ0) is 18.6. The van der Waals surface area contributed by atoms with Crippen LogP contribution in [0.25, 0.3) is 0 Å². The maximum atomic E-state index is 13.3. The monoisotopic (exact) mass is 376 g/mol. The lowest BCUT2D eigenvalue weighted by Gasteiger charge is -2.36. The minimum Gasteiger partial charge on any atom is -0.496 e. The van der Waals surface area contributed by atoms with Gasteiger partial charge < -0.3 is 14.8 Å². The van der Waals surface area contributed by atoms with Crippen molar-refractivity contribution in [2.24, 2.45) is 0 Å². The third-order valence-electron chi connectivity index (χ3n) is 4.53. The average molecular weight is 376 g/mol. The van der Waals surface area contributed by atoms with Crippen molar-refractivity contribution in [3.8, 4) is 5.75 Å². The summed E-state index contributed by atoms with van der Waals surface area (Å²) < 4.78 is 38.6. The van der Waals surface area contributed by atoms with E-state index in [0.717, 1.165) is 11.1 Å². The first kappa shape index (κ1) is 18.8. The van der Waals surface area contributed by atoms with Gasteiger partial charge in [-0.25, -0.2) is 8.42 Å². The average Bonchev–Trinajstić information content (AvgIpc) is 2.68. The van der Waals surface area contributed by atoms with E-state index in [-0.39, 0.29) is 6.04 Å². The van der Waals surface area contributed by atoms with Crippen LogP contribution in [0.5, 0.6) is 5.75 Å². The molecule has 1 heterocycles. The summed E-state index contributed by atoms with van der Waals surface area (Å²) in [4.78, 5) is 0.291. The molecule has 0 radical (unpaired) electrons. The molecule has 3 rings (SSSR count). The maximum Gasteiger partial charge on any atom is 0.243 e. The van der Waals surface area contributed by atoms with Crippen LogP contribution in [0.15, 0.2) is 53.4 Å². The van der Waals surface area contributed by atoms with E-state index < -0.39 is 10.0 Å². The Morgan fingerprint density at radius 1 is 1.12 bits per heavy atom. The number of para-hydroxylation sites is 1. The summed E-state index contributed by atoms with van der Waals surface area (Å²) in [6, 6.07) is 14.1. The first-order valence-electron chi connectivity index (χ1n) is 8.51. The van der Waals surface area contributed by atoms with Crippen molar-refractivity contribution in [1.29, 1.82) is 0 Å². The molecule has 6 nitrogen and oxygen atoms in total. The third kappa shape index (κ3) is 3.76. The van der Waals surface area contributed by atoms with Gasteiger partial charge in [0.15, 0.2) is 0 Å². The second-order valence-corrected chi connectivity index (χ2v) is 8.05. The van der Waals surface area contributed by atoms with E-state index in [9.17, 15) is 8.42 Å². The van der Waals surface area contributed by atoms with Crippen molar-refractivity contribution in [2.45, 2.75) is 17.5 Å². The molecule has 1 fully saturated rings. The van der Waals surface area contributed by atoms with Crippen molar-refractivity contribution < 1.29 is 17.9 Å². The molecule has 0 saturated carbocycles. The van der Waals surface area contributed by atoms with Crippen LogP contribution < -0.4 is 10.1 Å². The van der Waals surface area contributed by atoms with Gasteiger partial charge in [-0.1, -0.05) is 30.3 Å². The van der Waals surface area contributed by atoms with Crippen LogP contribution in [0.1, 0.15) is 17.2 Å². The lowest BCUT2D eigenvalue weighted by atomic mass is 10.0. The minimum atomic E-state index is -3.62. The first-order valence-corrected chi connectivity index (χ1v) is 9.95. The number of methoxy groups -OCH3 is 2. The maximum absolute atomic E-state index is 13.3. The highest BCUT2D eigenvalue weighted by Gasteiger charge is 2.35. The predicted molar refractivity (Wildman–Crippen MR) is 99.7 cm³/mol. The molecule has 2 aromatic rings. The Kier molecular flexibility index (Phi) is 5.93. The molecule has 140 valence electrons. The molecule has 1 aliphatic rings. The van der Waals surface area contributed by atoms with Crippen molar-refractivity contribution >= 4 is 10.0 Å². The number of hydrogen-bond acceptors (Lipinski definition) is 5. The lowest BCUT2D eigenvalue weighted by molar-refractivity contribution is 0.185. The second kappa shape index (κ2) is 8.18. The molecule has 26 heavy (non-hydrogen) atoms. The quantitative estimate of drug-likeness (QED) is 0.837. The van der Waals surface area contributed by atoms with Crippen LogP contribution in [0.2, 0.25) is 0 Å². The molecule has 0 bridgehead atoms. The normalized spacial score (nSPS) is 18.6. The molecule has 1 aliphatic heterocycles. The van der Waals surface area contributed by atoms with Gasteiger partial charge in [-0.05, 0) is 23.8 Å². The SMILES string of the molecule is COCc1ccc(S(=O)(=O)N2CCNCC2c2ccccc2OC)cc1. The highest BCUT2D eigenvalue weighted by atomic mass is 32.2. The number of sulfonamides is 1. The summed E-state index contributed by atoms with van der Waals surface area (Å²) in [5, 5.41) is 3.29. The van der Waals surface area contributed by atoms with E-state index in [0.29, 0.717) is 36.9 Å². The predicted octanol–water partition coefficient (Wildman–Crippen LogP) is 2.18. The van der Waals surface area contributed by atoms with Gasteiger partial charge in [-0.15, -0.1) is 0 Å². The van der Waals surface area contributed by atoms with Crippen molar-refractivity contribution in [3.05, 3.63) is 59.7 Å². The first-order chi connectivity index (χ1) is 12.6. The summed E-state index contributed by atoms with van der Waals surface area (Å²) >= 11 is 0. The van der Waals surface area contributed by atoms with Crippen LogP contribution in [0, 0.1) is 0 Å². The van der Waals surface area contributed by atoms with Crippen LogP contribution in [-0.4, -0.2) is 46.6 Å². The fourth-order valence-electron chi connectivity index (χ4n) is 3.24. The number of ether oxygens (including phenoxy) is 2. The molecule has 7 heteroatoms. The van der Waals surface area contributed by atoms with E-state index in [4.69, 9.17) is 9.47 Å². The topological polar surface area (TPSA) is 67.9 Å². The Morgan fingerprint density at radius 2 is 1.85 bits per heavy atom. The number of hydrogen-bond donors (Lipinski definition) is 1. The van der Waals surface area contributed by atoms with E-state index in [1.807, 2.05) is 24.3 Å². The van der Waals surface area contributed by atoms with Gasteiger partial charge in [0.2, 0.25) is 10.0 Å². The van der Waals surface area contributed by atoms with Crippen molar-refractivity contribution in [2.75, 3.05) is 33.9 Å². The third-order valence-corrected chi connectivity index (χ3v) is 6.46. The zero-order valence-corrected chi connectivity index (χ0v) is 15.8. The Labute approximate surface area is 154 Å². The van der Waals surface area contributed by atoms with Crippen LogP contribution in [0.4, 0.5) is 0 Å². The number of benzene rings is 2. The summed E-state index contributed by atoms with van der Waals surface area (Å²) in [6.45, 7) is 2.02. The van der Waals surface area contributed by atoms with E-state index in [1.165, 1.54) is 0 Å². The van der Waals surface area contributed by atoms with E-state index in [1.54, 1.807) is 42.8 Å². The fraction of sp³-hybridized carbons (Fsp3) is 0.368. The van der Waals surface area contributed by atoms with Gasteiger partial charge >= 0.3 is 0 Å². The van der Waals surface area contributed by atoms with Gasteiger partial charge in [-0.3, -0.25) is 0 Å². The van der Waals surface area contributed by atoms with Crippen LogP contribution in [0.3, 0.4) is 0 Å². The molecule has 0 spiro atoms. The van der Waals surface area contributed by atoms with Gasteiger partial charge in [0.05, 0.1) is 24.7 Å². The minimum absolute atomic E-state index is 0.291. The Hall–Kier alpha value is -1.93. The molecule has 1 saturated heterocycles. The standard InChI is InChI=1S/C19H24N2O4S/c1-24-14-15-7-9-16(10-8-15)26(22,23)21-12-11-20-13-18(21)17-5-3-4-6-19(17)25-2/h3-10,18,20H,11-14H2,1-2H3. The van der Waals surface area contributed by atoms with Gasteiger partial charge in [0.25, 0.3) is 0 Å². The Balaban J connectivity index is 1.95. The molecule has 1 unspecified atom stereocenters. The Bertz CT molecular complexity index is 837. The summed E-state index contributed by atoms with van der Waals surface area (Å²) in [5.74, 6) is 0.692. The van der Waals surface area contributed by atoms with Gasteiger partial charge in [0, 0.05) is 32.3 Å². The molecule has 1 N–H and O–H groups in total. The van der Waals surface area contributed by atoms with Gasteiger partial charge in [0.1, 0.15) is 5.75 Å². The van der Waals surface area contributed by atoms with Crippen LogP contribution >= 0.6 is 0 Å². The summed E-state index contributed by atoms with van der Waals surface area (Å²) in [5.41, 5.74) is 1.80. The highest BCUT2D eigenvalue weighted by Crippen LogP contribution is 2.33. The number of nitrogens with zero attached hydrogens (tertiary/aromatic N) is 1. The molecule has 0 amide bonds. The lowest BCUT2D eigenvalue weighted by Crippen LogP contribution is -2.48. The molecule has 2 aromatic carbocycles. The molecule has 0 aromatic heterocycles. The zero-order valence-electron chi connectivity index (χ0n) is 15.0. The molecular weight excluding hydrogens is 352 g/mol. The van der Waals surface area contributed by atoms with Gasteiger partial charge in [-0.2, -0.15) is 4.31 Å². The highest BCUT2D eigenvalue weighted by molar-refractivity contribution is 7.89. The van der Waals surface area contributed by atoms with Crippen molar-refractivity contribution in [1.82, 2.24) is 9.62 Å². The summed E-state index contributed by atoms with van der Waals surface area (Å²) in [6.07, 6.45) is 0. The second-order valence-electron chi connectivity index (χ2n) is 6.15. The number of piperazine rings is 1. The van der Waals surface area contributed by atoms with Crippen LogP contribution in [-0.2, 0) is 21.4 Å². The molecular formula is C19H24N2O4S. The van der Waals surface area contributed by atoms with Crippen molar-refractivity contribution in [3.63, 3.8) is 0 Å². The van der Waals surface area contributed by atoms with E-state index >= 15 is 0 Å². The number of rotatable bonds is 6. The van der Waals surface area contributed by atoms with E-state index in [2.05, 4.69) is 5.32 Å². The largest absolute Gasteiger partial charge is 0.496 e. The Morgan fingerprint density at radius 3 is 2.54 bits per heavy atom.